The molecule has 180 valence electrons. The van der Waals surface area contributed by atoms with Crippen LogP contribution >= 0.6 is 11.8 Å². The zero-order chi connectivity index (χ0) is 24.6. The van der Waals surface area contributed by atoms with Gasteiger partial charge in [0, 0.05) is 24.1 Å². The molecule has 0 unspecified atom stereocenters. The van der Waals surface area contributed by atoms with Crippen LogP contribution in [-0.2, 0) is 20.6 Å². The van der Waals surface area contributed by atoms with Gasteiger partial charge in [-0.15, -0.1) is 0 Å². The molecule has 0 saturated carbocycles. The first kappa shape index (κ1) is 25.6. The molecule has 3 rings (SSSR count). The quantitative estimate of drug-likeness (QED) is 0.393. The molecule has 0 heterocycles. The van der Waals surface area contributed by atoms with Crippen molar-refractivity contribution in [2.75, 3.05) is 30.3 Å². The van der Waals surface area contributed by atoms with Crippen molar-refractivity contribution in [3.05, 3.63) is 89.5 Å². The SMILES string of the molecule is COc1cccc(N(CC(=O)NCCSCc2cccc(C)c2)S(=O)(=O)c2ccc(C)cc2)c1. The zero-order valence-electron chi connectivity index (χ0n) is 19.7. The fourth-order valence-electron chi connectivity index (χ4n) is 3.36. The number of hydrogen-bond donors (Lipinski definition) is 1. The van der Waals surface area contributed by atoms with Crippen LogP contribution in [0.1, 0.15) is 16.7 Å². The van der Waals surface area contributed by atoms with E-state index in [1.165, 1.54) is 18.2 Å². The number of hydrogen-bond acceptors (Lipinski definition) is 5. The minimum Gasteiger partial charge on any atom is -0.497 e. The number of rotatable bonds is 11. The van der Waals surface area contributed by atoms with Gasteiger partial charge in [-0.2, -0.15) is 11.8 Å². The number of aryl methyl sites for hydroxylation is 2. The van der Waals surface area contributed by atoms with Crippen molar-refractivity contribution in [1.82, 2.24) is 5.32 Å². The molecule has 0 atom stereocenters. The summed E-state index contributed by atoms with van der Waals surface area (Å²) in [6, 6.07) is 21.6. The van der Waals surface area contributed by atoms with Crippen LogP contribution < -0.4 is 14.4 Å². The van der Waals surface area contributed by atoms with E-state index in [-0.39, 0.29) is 17.3 Å². The molecule has 0 aliphatic rings. The zero-order valence-corrected chi connectivity index (χ0v) is 21.3. The van der Waals surface area contributed by atoms with Gasteiger partial charge in [0.15, 0.2) is 0 Å². The van der Waals surface area contributed by atoms with Crippen LogP contribution in [0.4, 0.5) is 5.69 Å². The highest BCUT2D eigenvalue weighted by Gasteiger charge is 2.27. The van der Waals surface area contributed by atoms with Crippen molar-refractivity contribution in [2.45, 2.75) is 24.5 Å². The van der Waals surface area contributed by atoms with E-state index < -0.39 is 10.0 Å². The summed E-state index contributed by atoms with van der Waals surface area (Å²) in [6.07, 6.45) is 0. The number of nitrogens with zero attached hydrogens (tertiary/aromatic N) is 1. The van der Waals surface area contributed by atoms with Gasteiger partial charge in [0.1, 0.15) is 12.3 Å². The van der Waals surface area contributed by atoms with E-state index in [0.29, 0.717) is 18.0 Å². The summed E-state index contributed by atoms with van der Waals surface area (Å²) in [7, 11) is -2.44. The first-order chi connectivity index (χ1) is 16.3. The van der Waals surface area contributed by atoms with Gasteiger partial charge in [-0.25, -0.2) is 8.42 Å². The van der Waals surface area contributed by atoms with Gasteiger partial charge in [0.05, 0.1) is 17.7 Å². The Morgan fingerprint density at radius 3 is 2.41 bits per heavy atom. The van der Waals surface area contributed by atoms with Gasteiger partial charge in [-0.1, -0.05) is 53.6 Å². The largest absolute Gasteiger partial charge is 0.497 e. The van der Waals surface area contributed by atoms with Crippen LogP contribution in [0.5, 0.6) is 5.75 Å². The number of carbonyl (C=O) groups excluding carboxylic acids is 1. The highest BCUT2D eigenvalue weighted by molar-refractivity contribution is 7.98. The number of carbonyl (C=O) groups is 1. The monoisotopic (exact) mass is 498 g/mol. The molecule has 1 N–H and O–H groups in total. The van der Waals surface area contributed by atoms with E-state index in [0.717, 1.165) is 21.4 Å². The van der Waals surface area contributed by atoms with Crippen LogP contribution in [0.3, 0.4) is 0 Å². The molecule has 3 aromatic rings. The van der Waals surface area contributed by atoms with Crippen molar-refractivity contribution >= 4 is 33.4 Å². The van der Waals surface area contributed by atoms with Gasteiger partial charge < -0.3 is 10.1 Å². The van der Waals surface area contributed by atoms with Crippen molar-refractivity contribution in [3.8, 4) is 5.75 Å². The Morgan fingerprint density at radius 1 is 0.971 bits per heavy atom. The fraction of sp³-hybridized carbons (Fsp3) is 0.269. The third kappa shape index (κ3) is 7.01. The Kier molecular flexibility index (Phi) is 9.01. The van der Waals surface area contributed by atoms with E-state index in [1.54, 1.807) is 60.3 Å². The fourth-order valence-corrected chi connectivity index (χ4v) is 5.58. The summed E-state index contributed by atoms with van der Waals surface area (Å²) in [5, 5.41) is 2.84. The third-order valence-corrected chi connectivity index (χ3v) is 7.98. The lowest BCUT2D eigenvalue weighted by Gasteiger charge is -2.24. The van der Waals surface area contributed by atoms with Crippen LogP contribution in [-0.4, -0.2) is 40.3 Å². The maximum absolute atomic E-state index is 13.4. The van der Waals surface area contributed by atoms with Crippen LogP contribution in [0.2, 0.25) is 0 Å². The second-order valence-corrected chi connectivity index (χ2v) is 10.9. The number of methoxy groups -OCH3 is 1. The van der Waals surface area contributed by atoms with E-state index in [2.05, 4.69) is 30.4 Å². The molecule has 0 saturated heterocycles. The number of ether oxygens (including phenoxy) is 1. The lowest BCUT2D eigenvalue weighted by Crippen LogP contribution is -2.41. The molecule has 1 amide bonds. The Morgan fingerprint density at radius 2 is 1.71 bits per heavy atom. The number of benzene rings is 3. The molecule has 0 spiro atoms. The molecular weight excluding hydrogens is 468 g/mol. The Hall–Kier alpha value is -2.97. The molecule has 3 aromatic carbocycles. The molecular formula is C26H30N2O4S2. The second-order valence-electron chi connectivity index (χ2n) is 7.92. The van der Waals surface area contributed by atoms with Crippen LogP contribution in [0.25, 0.3) is 0 Å². The molecule has 0 bridgehead atoms. The summed E-state index contributed by atoms with van der Waals surface area (Å²) in [6.45, 7) is 4.07. The summed E-state index contributed by atoms with van der Waals surface area (Å²) in [5.74, 6) is 1.72. The highest BCUT2D eigenvalue weighted by Crippen LogP contribution is 2.27. The van der Waals surface area contributed by atoms with Gasteiger partial charge in [-0.3, -0.25) is 9.10 Å². The average Bonchev–Trinajstić information content (AvgIpc) is 2.82. The van der Waals surface area contributed by atoms with Gasteiger partial charge >= 0.3 is 0 Å². The Labute approximate surface area is 206 Å². The smallest absolute Gasteiger partial charge is 0.264 e. The minimum atomic E-state index is -3.95. The van der Waals surface area contributed by atoms with Crippen LogP contribution in [0, 0.1) is 13.8 Å². The average molecular weight is 499 g/mol. The third-order valence-electron chi connectivity index (χ3n) is 5.16. The molecule has 0 aliphatic carbocycles. The maximum atomic E-state index is 13.4. The van der Waals surface area contributed by atoms with Gasteiger partial charge in [0.2, 0.25) is 5.91 Å². The molecule has 0 radical (unpaired) electrons. The molecule has 34 heavy (non-hydrogen) atoms. The number of sulfonamides is 1. The standard InChI is InChI=1S/C26H30N2O4S2/c1-20-10-12-25(13-11-20)34(30,31)28(23-8-5-9-24(17-23)32-3)18-26(29)27-14-15-33-19-22-7-4-6-21(2)16-22/h4-13,16-17H,14-15,18-19H2,1-3H3,(H,27,29). The van der Waals surface area contributed by atoms with Crippen molar-refractivity contribution in [1.29, 1.82) is 0 Å². The van der Waals surface area contributed by atoms with E-state index in [1.807, 2.05) is 13.0 Å². The van der Waals surface area contributed by atoms with E-state index in [4.69, 9.17) is 4.74 Å². The normalized spacial score (nSPS) is 11.1. The van der Waals surface area contributed by atoms with Gasteiger partial charge in [-0.05, 0) is 43.7 Å². The molecule has 6 nitrogen and oxygen atoms in total. The number of amides is 1. The number of anilines is 1. The lowest BCUT2D eigenvalue weighted by atomic mass is 10.2. The van der Waals surface area contributed by atoms with Crippen molar-refractivity contribution in [3.63, 3.8) is 0 Å². The molecule has 0 fully saturated rings. The van der Waals surface area contributed by atoms with Gasteiger partial charge in [0.25, 0.3) is 10.0 Å². The predicted molar refractivity (Wildman–Crippen MR) is 139 cm³/mol. The van der Waals surface area contributed by atoms with Crippen molar-refractivity contribution in [2.24, 2.45) is 0 Å². The second kappa shape index (κ2) is 11.9. The Balaban J connectivity index is 1.67. The lowest BCUT2D eigenvalue weighted by molar-refractivity contribution is -0.119. The maximum Gasteiger partial charge on any atom is 0.264 e. The first-order valence-electron chi connectivity index (χ1n) is 10.9. The molecule has 8 heteroatoms. The Bertz CT molecular complexity index is 1210. The first-order valence-corrected chi connectivity index (χ1v) is 13.5. The topological polar surface area (TPSA) is 75.7 Å². The van der Waals surface area contributed by atoms with E-state index >= 15 is 0 Å². The number of nitrogens with one attached hydrogen (secondary N) is 1. The van der Waals surface area contributed by atoms with E-state index in [9.17, 15) is 13.2 Å². The van der Waals surface area contributed by atoms with Crippen LogP contribution in [0.15, 0.2) is 77.7 Å². The minimum absolute atomic E-state index is 0.127. The predicted octanol–water partition coefficient (Wildman–Crippen LogP) is 4.56. The summed E-state index contributed by atoms with van der Waals surface area (Å²) in [4.78, 5) is 12.9. The summed E-state index contributed by atoms with van der Waals surface area (Å²) < 4.78 is 33.3. The molecule has 0 aliphatic heterocycles. The summed E-state index contributed by atoms with van der Waals surface area (Å²) in [5.41, 5.74) is 3.78. The number of thioether (sulfide) groups is 1. The summed E-state index contributed by atoms with van der Waals surface area (Å²) >= 11 is 1.72. The molecule has 0 aromatic heterocycles. The highest BCUT2D eigenvalue weighted by atomic mass is 32.2. The van der Waals surface area contributed by atoms with Crippen molar-refractivity contribution < 1.29 is 17.9 Å².